The van der Waals surface area contributed by atoms with E-state index >= 15 is 0 Å². The van der Waals surface area contributed by atoms with E-state index in [0.29, 0.717) is 15.5 Å². The van der Waals surface area contributed by atoms with Crippen LogP contribution in [-0.2, 0) is 17.6 Å². The number of carboxylic acids is 1. The monoisotopic (exact) mass is 335 g/mol. The van der Waals surface area contributed by atoms with Gasteiger partial charge in [-0.1, -0.05) is 23.7 Å². The van der Waals surface area contributed by atoms with Crippen LogP contribution in [0.25, 0.3) is 0 Å². The zero-order valence-corrected chi connectivity index (χ0v) is 13.2. The first-order valence-electron chi connectivity index (χ1n) is 6.95. The number of aryl methyl sites for hydroxylation is 2. The molecule has 0 aliphatic heterocycles. The molecule has 1 atom stereocenters. The summed E-state index contributed by atoms with van der Waals surface area (Å²) < 4.78 is 0. The van der Waals surface area contributed by atoms with E-state index in [4.69, 9.17) is 11.6 Å². The molecule has 6 heteroatoms. The number of aliphatic carboxylic acids is 1. The van der Waals surface area contributed by atoms with Crippen molar-refractivity contribution in [1.29, 1.82) is 0 Å². The van der Waals surface area contributed by atoms with E-state index in [-0.39, 0.29) is 5.91 Å². The highest BCUT2D eigenvalue weighted by Gasteiger charge is 2.25. The molecule has 3 rings (SSSR count). The SMILES string of the molecule is O=C(NC(C(=O)O)c1ccc(Cl)cc1)c1cc2c(s1)CCC2. The average Bonchev–Trinajstić information content (AvgIpc) is 3.06. The van der Waals surface area contributed by atoms with Gasteiger partial charge in [-0.05, 0) is 48.6 Å². The average molecular weight is 336 g/mol. The van der Waals surface area contributed by atoms with Crippen molar-refractivity contribution in [2.75, 3.05) is 0 Å². The Morgan fingerprint density at radius 2 is 1.95 bits per heavy atom. The molecule has 0 bridgehead atoms. The van der Waals surface area contributed by atoms with Gasteiger partial charge in [-0.3, -0.25) is 4.79 Å². The molecule has 22 heavy (non-hydrogen) atoms. The molecule has 114 valence electrons. The van der Waals surface area contributed by atoms with Crippen molar-refractivity contribution >= 4 is 34.8 Å². The van der Waals surface area contributed by atoms with Gasteiger partial charge in [0.2, 0.25) is 0 Å². The Labute approximate surface area is 136 Å². The quantitative estimate of drug-likeness (QED) is 0.899. The maximum absolute atomic E-state index is 12.3. The van der Waals surface area contributed by atoms with Gasteiger partial charge < -0.3 is 10.4 Å². The summed E-state index contributed by atoms with van der Waals surface area (Å²) in [6, 6.07) is 7.23. The summed E-state index contributed by atoms with van der Waals surface area (Å²) in [7, 11) is 0. The number of fused-ring (bicyclic) bond motifs is 1. The Morgan fingerprint density at radius 1 is 1.23 bits per heavy atom. The van der Waals surface area contributed by atoms with Crippen LogP contribution in [0.15, 0.2) is 30.3 Å². The van der Waals surface area contributed by atoms with Crippen molar-refractivity contribution in [3.8, 4) is 0 Å². The second-order valence-electron chi connectivity index (χ2n) is 5.21. The lowest BCUT2D eigenvalue weighted by Crippen LogP contribution is -2.33. The Kier molecular flexibility index (Phi) is 4.18. The highest BCUT2D eigenvalue weighted by molar-refractivity contribution is 7.14. The first-order valence-corrected chi connectivity index (χ1v) is 8.15. The van der Waals surface area contributed by atoms with Gasteiger partial charge in [0.25, 0.3) is 5.91 Å². The Balaban J connectivity index is 1.79. The van der Waals surface area contributed by atoms with Crippen LogP contribution in [0.3, 0.4) is 0 Å². The lowest BCUT2D eigenvalue weighted by atomic mass is 10.1. The molecule has 0 saturated heterocycles. The first-order chi connectivity index (χ1) is 10.5. The van der Waals surface area contributed by atoms with Gasteiger partial charge >= 0.3 is 5.97 Å². The van der Waals surface area contributed by atoms with Crippen LogP contribution >= 0.6 is 22.9 Å². The van der Waals surface area contributed by atoms with Crippen LogP contribution in [0.2, 0.25) is 5.02 Å². The van der Waals surface area contributed by atoms with E-state index in [1.54, 1.807) is 24.3 Å². The predicted octanol–water partition coefficient (Wildman–Crippen LogP) is 3.45. The van der Waals surface area contributed by atoms with Crippen molar-refractivity contribution < 1.29 is 14.7 Å². The second-order valence-corrected chi connectivity index (χ2v) is 6.78. The molecule has 0 radical (unpaired) electrons. The fraction of sp³-hybridized carbons (Fsp3) is 0.250. The maximum atomic E-state index is 12.3. The molecular formula is C16H14ClNO3S. The molecule has 1 aliphatic rings. The van der Waals surface area contributed by atoms with Gasteiger partial charge in [0.15, 0.2) is 6.04 Å². The zero-order chi connectivity index (χ0) is 15.7. The molecule has 0 fully saturated rings. The van der Waals surface area contributed by atoms with Crippen LogP contribution < -0.4 is 5.32 Å². The Hall–Kier alpha value is -1.85. The first kappa shape index (κ1) is 15.1. The summed E-state index contributed by atoms with van der Waals surface area (Å²) >= 11 is 7.26. The molecule has 2 N–H and O–H groups in total. The number of nitrogens with one attached hydrogen (secondary N) is 1. The number of carbonyl (C=O) groups is 2. The Morgan fingerprint density at radius 3 is 2.59 bits per heavy atom. The van der Waals surface area contributed by atoms with Crippen molar-refractivity contribution in [2.24, 2.45) is 0 Å². The topological polar surface area (TPSA) is 66.4 Å². The van der Waals surface area contributed by atoms with Gasteiger partial charge in [-0.2, -0.15) is 0 Å². The molecule has 1 unspecified atom stereocenters. The van der Waals surface area contributed by atoms with Gasteiger partial charge in [0, 0.05) is 9.90 Å². The van der Waals surface area contributed by atoms with E-state index in [9.17, 15) is 14.7 Å². The standard InChI is InChI=1S/C16H14ClNO3S/c17-11-6-4-9(5-7-11)14(16(20)21)18-15(19)13-8-10-2-1-3-12(10)22-13/h4-8,14H,1-3H2,(H,18,19)(H,20,21). The van der Waals surface area contributed by atoms with Crippen LogP contribution in [-0.4, -0.2) is 17.0 Å². The summed E-state index contributed by atoms with van der Waals surface area (Å²) in [4.78, 5) is 25.6. The number of halogens is 1. The van der Waals surface area contributed by atoms with Gasteiger partial charge in [0.1, 0.15) is 0 Å². The molecule has 1 aliphatic carbocycles. The molecule has 1 aromatic heterocycles. The minimum Gasteiger partial charge on any atom is -0.479 e. The van der Waals surface area contributed by atoms with Crippen LogP contribution in [0.5, 0.6) is 0 Å². The number of benzene rings is 1. The van der Waals surface area contributed by atoms with Gasteiger partial charge in [0.05, 0.1) is 4.88 Å². The summed E-state index contributed by atoms with van der Waals surface area (Å²) in [6.07, 6.45) is 3.14. The molecule has 1 heterocycles. The van der Waals surface area contributed by atoms with E-state index in [2.05, 4.69) is 5.32 Å². The van der Waals surface area contributed by atoms with Crippen LogP contribution in [0, 0.1) is 0 Å². The second kappa shape index (κ2) is 6.10. The molecule has 2 aromatic rings. The fourth-order valence-electron chi connectivity index (χ4n) is 2.59. The summed E-state index contributed by atoms with van der Waals surface area (Å²) in [5.41, 5.74) is 1.71. The predicted molar refractivity (Wildman–Crippen MR) is 85.6 cm³/mol. The zero-order valence-electron chi connectivity index (χ0n) is 11.6. The summed E-state index contributed by atoms with van der Waals surface area (Å²) in [6.45, 7) is 0. The van der Waals surface area contributed by atoms with Crippen molar-refractivity contribution in [1.82, 2.24) is 5.32 Å². The maximum Gasteiger partial charge on any atom is 0.330 e. The van der Waals surface area contributed by atoms with Gasteiger partial charge in [-0.25, -0.2) is 4.79 Å². The van der Waals surface area contributed by atoms with E-state index < -0.39 is 12.0 Å². The van der Waals surface area contributed by atoms with Crippen molar-refractivity contribution in [3.05, 3.63) is 56.2 Å². The highest BCUT2D eigenvalue weighted by Crippen LogP contribution is 2.31. The number of thiophene rings is 1. The number of carboxylic acid groups (broad SMARTS) is 1. The smallest absolute Gasteiger partial charge is 0.330 e. The third kappa shape index (κ3) is 3.00. The van der Waals surface area contributed by atoms with Gasteiger partial charge in [-0.15, -0.1) is 11.3 Å². The Bertz CT molecular complexity index is 702. The van der Waals surface area contributed by atoms with E-state index in [1.165, 1.54) is 21.8 Å². The molecule has 0 spiro atoms. The number of hydrogen-bond donors (Lipinski definition) is 2. The van der Waals surface area contributed by atoms with E-state index in [0.717, 1.165) is 19.3 Å². The normalized spacial score (nSPS) is 14.4. The lowest BCUT2D eigenvalue weighted by Gasteiger charge is -2.14. The number of amides is 1. The molecule has 0 saturated carbocycles. The molecule has 1 amide bonds. The van der Waals surface area contributed by atoms with E-state index in [1.807, 2.05) is 6.07 Å². The lowest BCUT2D eigenvalue weighted by molar-refractivity contribution is -0.139. The highest BCUT2D eigenvalue weighted by atomic mass is 35.5. The molecule has 1 aromatic carbocycles. The van der Waals surface area contributed by atoms with Crippen LogP contribution in [0.1, 0.15) is 38.1 Å². The molecule has 4 nitrogen and oxygen atoms in total. The third-order valence-corrected chi connectivity index (χ3v) is 5.18. The third-order valence-electron chi connectivity index (χ3n) is 3.70. The number of carbonyl (C=O) groups excluding carboxylic acids is 1. The largest absolute Gasteiger partial charge is 0.479 e. The minimum atomic E-state index is -1.10. The number of hydrogen-bond acceptors (Lipinski definition) is 3. The van der Waals surface area contributed by atoms with Crippen LogP contribution in [0.4, 0.5) is 0 Å². The minimum absolute atomic E-state index is 0.346. The summed E-state index contributed by atoms with van der Waals surface area (Å²) in [5, 5.41) is 12.5. The number of rotatable bonds is 4. The van der Waals surface area contributed by atoms with Crippen molar-refractivity contribution in [2.45, 2.75) is 25.3 Å². The molecular weight excluding hydrogens is 322 g/mol. The van der Waals surface area contributed by atoms with Crippen molar-refractivity contribution in [3.63, 3.8) is 0 Å². The summed E-state index contributed by atoms with van der Waals surface area (Å²) in [5.74, 6) is -1.44. The fourth-order valence-corrected chi connectivity index (χ4v) is 3.87.